The Morgan fingerprint density at radius 2 is 2.03 bits per heavy atom. The molecule has 3 aromatic rings. The van der Waals surface area contributed by atoms with E-state index in [1.807, 2.05) is 0 Å². The Morgan fingerprint density at radius 3 is 2.69 bits per heavy atom. The topological polar surface area (TPSA) is 114 Å². The van der Waals surface area contributed by atoms with Crippen molar-refractivity contribution >= 4 is 11.6 Å². The Hall–Kier alpha value is -3.50. The zero-order valence-electron chi connectivity index (χ0n) is 20.0. The van der Waals surface area contributed by atoms with Gasteiger partial charge < -0.3 is 30.2 Å². The smallest absolute Gasteiger partial charge is 0.251 e. The van der Waals surface area contributed by atoms with Crippen molar-refractivity contribution < 1.29 is 27.8 Å². The first-order chi connectivity index (χ1) is 17.4. The van der Waals surface area contributed by atoms with E-state index in [1.165, 1.54) is 12.5 Å². The predicted molar refractivity (Wildman–Crippen MR) is 131 cm³/mol. The van der Waals surface area contributed by atoms with Gasteiger partial charge in [-0.15, -0.1) is 0 Å². The molecule has 0 unspecified atom stereocenters. The highest BCUT2D eigenvalue weighted by Gasteiger charge is 2.28. The van der Waals surface area contributed by atoms with Gasteiger partial charge in [-0.1, -0.05) is 13.3 Å². The van der Waals surface area contributed by atoms with Crippen LogP contribution in [0, 0.1) is 11.6 Å². The van der Waals surface area contributed by atoms with Crippen LogP contribution in [0.1, 0.15) is 35.7 Å². The second-order valence-corrected chi connectivity index (χ2v) is 8.76. The molecule has 2 atom stereocenters. The Labute approximate surface area is 208 Å². The quantitative estimate of drug-likeness (QED) is 0.392. The van der Waals surface area contributed by atoms with Gasteiger partial charge >= 0.3 is 0 Å². The summed E-state index contributed by atoms with van der Waals surface area (Å²) in [4.78, 5) is 19.8. The van der Waals surface area contributed by atoms with Crippen LogP contribution < -0.4 is 20.7 Å². The Kier molecular flexibility index (Phi) is 8.17. The second kappa shape index (κ2) is 11.5. The first-order valence-corrected chi connectivity index (χ1v) is 12.0. The van der Waals surface area contributed by atoms with Gasteiger partial charge in [-0.2, -0.15) is 0 Å². The molecule has 0 aliphatic carbocycles. The lowest BCUT2D eigenvalue weighted by Crippen LogP contribution is -2.48. The van der Waals surface area contributed by atoms with Gasteiger partial charge in [0.25, 0.3) is 5.91 Å². The van der Waals surface area contributed by atoms with E-state index in [0.29, 0.717) is 35.9 Å². The zero-order valence-corrected chi connectivity index (χ0v) is 20.0. The summed E-state index contributed by atoms with van der Waals surface area (Å²) in [5, 5.41) is 13.3. The number of aliphatic hydroxyl groups excluding tert-OH is 1. The van der Waals surface area contributed by atoms with E-state index in [0.717, 1.165) is 43.3 Å². The summed E-state index contributed by atoms with van der Waals surface area (Å²) in [6.07, 6.45) is 3.80. The van der Waals surface area contributed by atoms with Crippen molar-refractivity contribution in [2.45, 2.75) is 38.3 Å². The number of nitrogens with zero attached hydrogens (tertiary/aromatic N) is 2. The standard InChI is InChI=1S/C26H30F2N4O4/c1-2-3-5-32-6-8-35-24-20(26-30-4-7-36-26)12-17(13-22(24)32)25(34)31-21(23(33)15-29)11-16-9-18(27)14-19(28)10-16/h4,7,9-10,12-14,21,23,33H,2-3,5-6,8,11,15,29H2,1H3,(H,31,34)/t21-,23+/m0/s1. The van der Waals surface area contributed by atoms with Crippen molar-refractivity contribution in [2.75, 3.05) is 31.1 Å². The largest absolute Gasteiger partial charge is 0.489 e. The molecular weight excluding hydrogens is 470 g/mol. The molecule has 8 nitrogen and oxygen atoms in total. The number of rotatable bonds is 10. The minimum absolute atomic E-state index is 0.0118. The Bertz CT molecular complexity index is 1170. The van der Waals surface area contributed by atoms with Crippen LogP contribution in [0.15, 0.2) is 47.2 Å². The summed E-state index contributed by atoms with van der Waals surface area (Å²) in [5.74, 6) is -1.07. The molecule has 0 bridgehead atoms. The fraction of sp³-hybridized carbons (Fsp3) is 0.385. The minimum atomic E-state index is -1.13. The lowest BCUT2D eigenvalue weighted by atomic mass is 9.99. The number of nitrogens with two attached hydrogens (primary N) is 1. The molecule has 0 saturated heterocycles. The number of unbranched alkanes of at least 4 members (excludes halogenated alkanes) is 1. The van der Waals surface area contributed by atoms with Gasteiger partial charge in [-0.05, 0) is 42.7 Å². The van der Waals surface area contributed by atoms with E-state index in [1.54, 1.807) is 12.1 Å². The van der Waals surface area contributed by atoms with Crippen LogP contribution in [0.5, 0.6) is 5.75 Å². The normalized spacial score (nSPS) is 14.6. The summed E-state index contributed by atoms with van der Waals surface area (Å²) >= 11 is 0. The average Bonchev–Trinajstić information content (AvgIpc) is 3.40. The van der Waals surface area contributed by atoms with Gasteiger partial charge in [0.2, 0.25) is 5.89 Å². The zero-order chi connectivity index (χ0) is 25.7. The van der Waals surface area contributed by atoms with E-state index in [9.17, 15) is 18.7 Å². The van der Waals surface area contributed by atoms with Gasteiger partial charge in [-0.3, -0.25) is 4.79 Å². The van der Waals surface area contributed by atoms with Crippen molar-refractivity contribution in [2.24, 2.45) is 5.73 Å². The molecule has 2 aromatic carbocycles. The highest BCUT2D eigenvalue weighted by molar-refractivity contribution is 5.98. The molecule has 4 N–H and O–H groups in total. The molecule has 2 heterocycles. The molecule has 192 valence electrons. The number of fused-ring (bicyclic) bond motifs is 1. The van der Waals surface area contributed by atoms with Gasteiger partial charge in [-0.25, -0.2) is 13.8 Å². The maximum absolute atomic E-state index is 13.7. The average molecular weight is 501 g/mol. The number of aromatic nitrogens is 1. The van der Waals surface area contributed by atoms with Crippen LogP contribution in [-0.4, -0.2) is 54.4 Å². The first kappa shape index (κ1) is 25.6. The van der Waals surface area contributed by atoms with E-state index < -0.39 is 29.7 Å². The van der Waals surface area contributed by atoms with Crippen molar-refractivity contribution in [1.82, 2.24) is 10.3 Å². The van der Waals surface area contributed by atoms with E-state index >= 15 is 0 Å². The maximum atomic E-state index is 13.7. The van der Waals surface area contributed by atoms with E-state index in [4.69, 9.17) is 14.9 Å². The van der Waals surface area contributed by atoms with Crippen LogP contribution >= 0.6 is 0 Å². The maximum Gasteiger partial charge on any atom is 0.251 e. The van der Waals surface area contributed by atoms with E-state index in [-0.39, 0.29) is 18.5 Å². The SMILES string of the molecule is CCCCN1CCOc2c(-c3ncco3)cc(C(=O)N[C@@H](Cc3cc(F)cc(F)c3)[C@H](O)CN)cc21. The Morgan fingerprint density at radius 1 is 1.25 bits per heavy atom. The number of aliphatic hydroxyl groups is 1. The number of ether oxygens (including phenoxy) is 1. The molecular formula is C26H30F2N4O4. The van der Waals surface area contributed by atoms with Crippen molar-refractivity contribution in [1.29, 1.82) is 0 Å². The molecule has 0 saturated carbocycles. The van der Waals surface area contributed by atoms with Crippen molar-refractivity contribution in [3.63, 3.8) is 0 Å². The molecule has 4 rings (SSSR count). The molecule has 1 aromatic heterocycles. The number of hydrogen-bond donors (Lipinski definition) is 3. The highest BCUT2D eigenvalue weighted by atomic mass is 19.1. The molecule has 10 heteroatoms. The van der Waals surface area contributed by atoms with Gasteiger partial charge in [0.05, 0.1) is 36.1 Å². The van der Waals surface area contributed by atoms with Crippen molar-refractivity contribution in [3.05, 3.63) is 65.6 Å². The number of carbonyl (C=O) groups is 1. The summed E-state index contributed by atoms with van der Waals surface area (Å²) < 4.78 is 38.9. The molecule has 36 heavy (non-hydrogen) atoms. The number of nitrogens with one attached hydrogen (secondary N) is 1. The van der Waals surface area contributed by atoms with E-state index in [2.05, 4.69) is 22.1 Å². The number of benzene rings is 2. The number of carbonyl (C=O) groups excluding carboxylic acids is 1. The lowest BCUT2D eigenvalue weighted by molar-refractivity contribution is 0.0845. The lowest BCUT2D eigenvalue weighted by Gasteiger charge is -2.32. The van der Waals surface area contributed by atoms with Gasteiger partial charge in [0, 0.05) is 24.7 Å². The third kappa shape index (κ3) is 5.83. The minimum Gasteiger partial charge on any atom is -0.489 e. The Balaban J connectivity index is 1.67. The fourth-order valence-electron chi connectivity index (χ4n) is 4.29. The molecule has 0 fully saturated rings. The van der Waals surface area contributed by atoms with Crippen LogP contribution in [0.2, 0.25) is 0 Å². The summed E-state index contributed by atoms with van der Waals surface area (Å²) in [5.41, 5.74) is 7.52. The number of halogens is 2. The van der Waals surface area contributed by atoms with Crippen LogP contribution in [0.3, 0.4) is 0 Å². The summed E-state index contributed by atoms with van der Waals surface area (Å²) in [6.45, 7) is 3.92. The van der Waals surface area contributed by atoms with Gasteiger partial charge in [0.1, 0.15) is 24.5 Å². The molecule has 1 aliphatic rings. The van der Waals surface area contributed by atoms with Crippen LogP contribution in [0.25, 0.3) is 11.5 Å². The third-order valence-corrected chi connectivity index (χ3v) is 6.12. The molecule has 0 radical (unpaired) electrons. The monoisotopic (exact) mass is 500 g/mol. The predicted octanol–water partition coefficient (Wildman–Crippen LogP) is 3.28. The summed E-state index contributed by atoms with van der Waals surface area (Å²) in [7, 11) is 0. The second-order valence-electron chi connectivity index (χ2n) is 8.76. The number of anilines is 1. The number of amides is 1. The van der Waals surface area contributed by atoms with Gasteiger partial charge in [0.15, 0.2) is 5.75 Å². The molecule has 1 aliphatic heterocycles. The van der Waals surface area contributed by atoms with Crippen LogP contribution in [-0.2, 0) is 6.42 Å². The number of hydrogen-bond acceptors (Lipinski definition) is 7. The third-order valence-electron chi connectivity index (χ3n) is 6.12. The van der Waals surface area contributed by atoms with Crippen LogP contribution in [0.4, 0.5) is 14.5 Å². The number of oxazole rings is 1. The highest BCUT2D eigenvalue weighted by Crippen LogP contribution is 2.41. The molecule has 1 amide bonds. The first-order valence-electron chi connectivity index (χ1n) is 12.0. The summed E-state index contributed by atoms with van der Waals surface area (Å²) in [6, 6.07) is 5.57. The van der Waals surface area contributed by atoms with Crippen molar-refractivity contribution in [3.8, 4) is 17.2 Å². The fourth-order valence-corrected chi connectivity index (χ4v) is 4.29. The molecule has 0 spiro atoms.